The molecule has 0 bridgehead atoms. The van der Waals surface area contributed by atoms with Crippen LogP contribution in [0.15, 0.2) is 5.10 Å². The lowest BCUT2D eigenvalue weighted by molar-refractivity contribution is -0.273. The Morgan fingerprint density at radius 3 is 2.49 bits per heavy atom. The molecule has 0 aromatic carbocycles. The van der Waals surface area contributed by atoms with Crippen LogP contribution in [0.2, 0.25) is 0 Å². The van der Waals surface area contributed by atoms with Crippen molar-refractivity contribution in [2.24, 2.45) is 51.4 Å². The molecule has 4 unspecified atom stereocenters. The second-order valence-electron chi connectivity index (χ2n) is 14.2. The van der Waals surface area contributed by atoms with E-state index >= 15 is 0 Å². The lowest BCUT2D eigenvalue weighted by atomic mass is 9.42. The van der Waals surface area contributed by atoms with Crippen LogP contribution in [0.3, 0.4) is 0 Å². The van der Waals surface area contributed by atoms with Crippen LogP contribution in [0, 0.1) is 46.3 Å². The summed E-state index contributed by atoms with van der Waals surface area (Å²) in [7, 11) is 3.90. The fourth-order valence-corrected chi connectivity index (χ4v) is 10.4. The molecule has 0 radical (unpaired) electrons. The Kier molecular flexibility index (Phi) is 5.57. The molecule has 0 aromatic heterocycles. The van der Waals surface area contributed by atoms with Gasteiger partial charge in [-0.05, 0) is 80.0 Å². The topological polar surface area (TPSA) is 74.5 Å². The monoisotopic (exact) mass is 488 g/mol. The van der Waals surface area contributed by atoms with Gasteiger partial charge in [-0.3, -0.25) is 0 Å². The van der Waals surface area contributed by atoms with Crippen molar-refractivity contribution in [2.75, 3.05) is 20.7 Å². The van der Waals surface area contributed by atoms with Crippen LogP contribution in [0.1, 0.15) is 85.5 Å². The predicted molar refractivity (Wildman–Crippen MR) is 136 cm³/mol. The smallest absolute Gasteiger partial charge is 0.171 e. The third kappa shape index (κ3) is 3.25. The molecule has 4 aliphatic carbocycles. The molecule has 6 heteroatoms. The number of hydrazone groups is 1. The van der Waals surface area contributed by atoms with Crippen molar-refractivity contribution in [1.82, 2.24) is 5.01 Å². The van der Waals surface area contributed by atoms with Crippen molar-refractivity contribution in [3.05, 3.63) is 0 Å². The maximum Gasteiger partial charge on any atom is 0.171 e. The summed E-state index contributed by atoms with van der Waals surface area (Å²) in [6.07, 6.45) is 8.45. The fourth-order valence-electron chi connectivity index (χ4n) is 10.4. The highest BCUT2D eigenvalue weighted by Crippen LogP contribution is 2.71. The molecule has 4 saturated carbocycles. The van der Waals surface area contributed by atoms with Crippen LogP contribution in [0.4, 0.5) is 0 Å². The molecule has 6 fully saturated rings. The number of aliphatic hydroxyl groups excluding tert-OH is 1. The maximum atomic E-state index is 12.2. The van der Waals surface area contributed by atoms with E-state index in [-0.39, 0.29) is 22.7 Å². The molecule has 2 saturated heterocycles. The van der Waals surface area contributed by atoms with Gasteiger partial charge in [0, 0.05) is 38.3 Å². The van der Waals surface area contributed by atoms with Gasteiger partial charge in [-0.2, -0.15) is 5.10 Å². The first kappa shape index (κ1) is 24.6. The van der Waals surface area contributed by atoms with Crippen molar-refractivity contribution in [2.45, 2.75) is 109 Å². The molecule has 6 nitrogen and oxygen atoms in total. The predicted octanol–water partition coefficient (Wildman–Crippen LogP) is 4.44. The van der Waals surface area contributed by atoms with Crippen LogP contribution in [-0.4, -0.2) is 65.2 Å². The number of hydrogen-bond donors (Lipinski definition) is 2. The lowest BCUT2D eigenvalue weighted by Gasteiger charge is -2.64. The van der Waals surface area contributed by atoms with Crippen molar-refractivity contribution >= 4 is 5.71 Å². The Bertz CT molecular complexity index is 884. The molecule has 0 aromatic rings. The average molecular weight is 489 g/mol. The number of nitrogens with zero attached hydrogens (tertiary/aromatic N) is 2. The summed E-state index contributed by atoms with van der Waals surface area (Å²) < 4.78 is 13.4. The summed E-state index contributed by atoms with van der Waals surface area (Å²) in [5.41, 5.74) is -0.107. The minimum absolute atomic E-state index is 0.237. The fraction of sp³-hybridized carbons (Fsp3) is 0.966. The molecule has 2 heterocycles. The van der Waals surface area contributed by atoms with Crippen LogP contribution < -0.4 is 0 Å². The highest BCUT2D eigenvalue weighted by Gasteiger charge is 2.71. The van der Waals surface area contributed by atoms with E-state index in [1.54, 1.807) is 0 Å². The van der Waals surface area contributed by atoms with E-state index in [4.69, 9.17) is 14.6 Å². The Morgan fingerprint density at radius 1 is 1.03 bits per heavy atom. The summed E-state index contributed by atoms with van der Waals surface area (Å²) in [5, 5.41) is 29.5. The first-order valence-electron chi connectivity index (χ1n) is 14.4. The summed E-state index contributed by atoms with van der Waals surface area (Å²) in [6.45, 7) is 10.4. The Labute approximate surface area is 211 Å². The zero-order valence-corrected chi connectivity index (χ0v) is 22.8. The quantitative estimate of drug-likeness (QED) is 0.534. The van der Waals surface area contributed by atoms with E-state index < -0.39 is 11.7 Å². The molecule has 35 heavy (non-hydrogen) atoms. The number of aliphatic hydroxyl groups is 2. The molecule has 6 aliphatic rings. The van der Waals surface area contributed by atoms with Crippen LogP contribution in [0.5, 0.6) is 0 Å². The third-order valence-electron chi connectivity index (χ3n) is 12.2. The lowest BCUT2D eigenvalue weighted by Crippen LogP contribution is -2.67. The highest BCUT2D eigenvalue weighted by atomic mass is 16.7. The van der Waals surface area contributed by atoms with Gasteiger partial charge < -0.3 is 24.7 Å². The van der Waals surface area contributed by atoms with Crippen LogP contribution >= 0.6 is 0 Å². The van der Waals surface area contributed by atoms with Gasteiger partial charge in [0.05, 0.1) is 24.5 Å². The van der Waals surface area contributed by atoms with Crippen LogP contribution in [0.25, 0.3) is 0 Å². The largest absolute Gasteiger partial charge is 0.393 e. The summed E-state index contributed by atoms with van der Waals surface area (Å²) in [5.74, 6) is 2.77. The minimum Gasteiger partial charge on any atom is -0.393 e. The van der Waals surface area contributed by atoms with E-state index in [1.165, 1.54) is 12.8 Å². The van der Waals surface area contributed by atoms with Gasteiger partial charge in [-0.1, -0.05) is 27.7 Å². The Balaban J connectivity index is 1.34. The van der Waals surface area contributed by atoms with Gasteiger partial charge in [-0.15, -0.1) is 0 Å². The molecular formula is C29H48N2O4. The van der Waals surface area contributed by atoms with Gasteiger partial charge in [0.15, 0.2) is 5.79 Å². The molecule has 1 spiro atoms. The zero-order valence-electron chi connectivity index (χ0n) is 22.8. The second-order valence-corrected chi connectivity index (χ2v) is 14.2. The van der Waals surface area contributed by atoms with E-state index in [0.717, 1.165) is 50.8 Å². The summed E-state index contributed by atoms with van der Waals surface area (Å²) in [4.78, 5) is 0. The highest BCUT2D eigenvalue weighted by molar-refractivity contribution is 5.94. The number of ether oxygens (including phenoxy) is 2. The molecule has 2 aliphatic heterocycles. The normalized spacial score (nSPS) is 58.6. The molecule has 198 valence electrons. The number of hydrogen-bond acceptors (Lipinski definition) is 6. The number of rotatable bonds is 1. The van der Waals surface area contributed by atoms with Gasteiger partial charge >= 0.3 is 0 Å². The van der Waals surface area contributed by atoms with E-state index in [2.05, 4.69) is 27.7 Å². The molecular weight excluding hydrogens is 440 g/mol. The minimum atomic E-state index is -1.02. The van der Waals surface area contributed by atoms with E-state index in [9.17, 15) is 10.2 Å². The maximum absolute atomic E-state index is 12.2. The van der Waals surface area contributed by atoms with Crippen molar-refractivity contribution in [3.8, 4) is 0 Å². The Hall–Kier alpha value is -0.690. The Morgan fingerprint density at radius 2 is 1.80 bits per heavy atom. The first-order chi connectivity index (χ1) is 16.4. The van der Waals surface area contributed by atoms with Gasteiger partial charge in [-0.25, -0.2) is 0 Å². The zero-order chi connectivity index (χ0) is 25.0. The van der Waals surface area contributed by atoms with Gasteiger partial charge in [0.25, 0.3) is 0 Å². The molecule has 6 rings (SSSR count). The molecule has 0 amide bonds. The SMILES string of the molecule is CC1CC[C@@]2(OC1)OC1C[C@H]3[C@@H]4CC(=NN(C)C)[C@@]5(O)CC(O)CC[C@]5(C)[C@H]4CC[C@]3(C)C1[C@@H]2C. The van der Waals surface area contributed by atoms with Crippen LogP contribution in [-0.2, 0) is 9.47 Å². The van der Waals surface area contributed by atoms with Crippen molar-refractivity contribution in [1.29, 1.82) is 0 Å². The second kappa shape index (κ2) is 7.91. The number of fused-ring (bicyclic) bond motifs is 7. The van der Waals surface area contributed by atoms with Gasteiger partial charge in [0.2, 0.25) is 0 Å². The van der Waals surface area contributed by atoms with Crippen molar-refractivity contribution < 1.29 is 19.7 Å². The molecule has 12 atom stereocenters. The summed E-state index contributed by atoms with van der Waals surface area (Å²) in [6, 6.07) is 0. The average Bonchev–Trinajstić information content (AvgIpc) is 3.23. The first-order valence-corrected chi connectivity index (χ1v) is 14.4. The summed E-state index contributed by atoms with van der Waals surface area (Å²) >= 11 is 0. The standard InChI is InChI=1S/C29H48N2O4/c1-17-7-12-29(34-16-17)18(2)25-23(35-29)14-22-20-13-24(30-31(5)6)28(33)15-19(32)8-11-27(28,4)21(20)9-10-26(22,25)3/h17-23,25,32-33H,7-16H2,1-6H3/t17?,18-,19?,20+,21-,22-,23?,25?,26-,27+,28-,29+/m0/s1. The molecule has 2 N–H and O–H groups in total. The van der Waals surface area contributed by atoms with Crippen molar-refractivity contribution in [3.63, 3.8) is 0 Å². The third-order valence-corrected chi connectivity index (χ3v) is 12.2. The van der Waals surface area contributed by atoms with Gasteiger partial charge in [0.1, 0.15) is 5.60 Å². The van der Waals surface area contributed by atoms with E-state index in [0.29, 0.717) is 41.9 Å². The van der Waals surface area contributed by atoms with E-state index in [1.807, 2.05) is 19.1 Å².